The molecule has 7 heteroatoms. The van der Waals surface area contributed by atoms with Crippen LogP contribution in [0.4, 0.5) is 0 Å². The monoisotopic (exact) mass is 448 g/mol. The Morgan fingerprint density at radius 2 is 1.86 bits per heavy atom. The van der Waals surface area contributed by atoms with Crippen LogP contribution in [0.15, 0.2) is 46.0 Å². The summed E-state index contributed by atoms with van der Waals surface area (Å²) in [5.74, 6) is 1.59. The fourth-order valence-electron chi connectivity index (χ4n) is 2.49. The molecule has 6 nitrogen and oxygen atoms in total. The van der Waals surface area contributed by atoms with Gasteiger partial charge in [-0.2, -0.15) is 5.10 Å². The molecular formula is C21H25BrN2O4. The van der Waals surface area contributed by atoms with E-state index in [9.17, 15) is 4.79 Å². The number of halogens is 1. The molecule has 150 valence electrons. The van der Waals surface area contributed by atoms with Gasteiger partial charge in [0, 0.05) is 21.7 Å². The SMILES string of the molecule is COc1ccc(/C=N/NC(=O)COc2ccc(Br)cc2C(C)(C)C)c(OC)c1. The van der Waals surface area contributed by atoms with Gasteiger partial charge in [-0.1, -0.05) is 36.7 Å². The van der Waals surface area contributed by atoms with Gasteiger partial charge in [0.15, 0.2) is 6.61 Å². The number of rotatable bonds is 7. The first kappa shape index (κ1) is 21.8. The van der Waals surface area contributed by atoms with Crippen LogP contribution in [0.5, 0.6) is 17.2 Å². The smallest absolute Gasteiger partial charge is 0.277 e. The molecule has 0 fully saturated rings. The zero-order valence-corrected chi connectivity index (χ0v) is 18.3. The van der Waals surface area contributed by atoms with Gasteiger partial charge in [0.25, 0.3) is 5.91 Å². The average molecular weight is 449 g/mol. The van der Waals surface area contributed by atoms with Gasteiger partial charge in [0.2, 0.25) is 0 Å². The maximum atomic E-state index is 12.1. The van der Waals surface area contributed by atoms with Crippen LogP contribution in [0.25, 0.3) is 0 Å². The van der Waals surface area contributed by atoms with Crippen molar-refractivity contribution in [3.05, 3.63) is 52.0 Å². The third kappa shape index (κ3) is 5.99. The van der Waals surface area contributed by atoms with Gasteiger partial charge in [-0.15, -0.1) is 0 Å². The topological polar surface area (TPSA) is 69.2 Å². The Hall–Kier alpha value is -2.54. The van der Waals surface area contributed by atoms with Gasteiger partial charge in [-0.25, -0.2) is 5.43 Å². The minimum atomic E-state index is -0.355. The number of methoxy groups -OCH3 is 2. The first-order chi connectivity index (χ1) is 13.2. The molecule has 0 atom stereocenters. The summed E-state index contributed by atoms with van der Waals surface area (Å²) in [6.07, 6.45) is 1.51. The summed E-state index contributed by atoms with van der Waals surface area (Å²) in [7, 11) is 3.14. The summed E-state index contributed by atoms with van der Waals surface area (Å²) in [6, 6.07) is 11.1. The Morgan fingerprint density at radius 1 is 1.11 bits per heavy atom. The van der Waals surface area contributed by atoms with Gasteiger partial charge in [0.1, 0.15) is 17.2 Å². The molecule has 0 spiro atoms. The number of hydrogen-bond acceptors (Lipinski definition) is 5. The largest absolute Gasteiger partial charge is 0.497 e. The highest BCUT2D eigenvalue weighted by atomic mass is 79.9. The lowest BCUT2D eigenvalue weighted by Crippen LogP contribution is -2.25. The van der Waals surface area contributed by atoms with Crippen molar-refractivity contribution in [1.82, 2.24) is 5.43 Å². The number of hydrazone groups is 1. The molecule has 0 saturated heterocycles. The average Bonchev–Trinajstić information content (AvgIpc) is 2.66. The lowest BCUT2D eigenvalue weighted by atomic mass is 9.86. The van der Waals surface area contributed by atoms with Crippen LogP contribution >= 0.6 is 15.9 Å². The number of nitrogens with zero attached hydrogens (tertiary/aromatic N) is 1. The van der Waals surface area contributed by atoms with Crippen molar-refractivity contribution in [1.29, 1.82) is 0 Å². The Bertz CT molecular complexity index is 860. The predicted molar refractivity (Wildman–Crippen MR) is 114 cm³/mol. The van der Waals surface area contributed by atoms with Crippen molar-refractivity contribution in [3.63, 3.8) is 0 Å². The lowest BCUT2D eigenvalue weighted by Gasteiger charge is -2.23. The number of carbonyl (C=O) groups excluding carboxylic acids is 1. The molecule has 1 amide bonds. The summed E-state index contributed by atoms with van der Waals surface area (Å²) in [6.45, 7) is 6.14. The summed E-state index contributed by atoms with van der Waals surface area (Å²) in [4.78, 5) is 12.1. The second-order valence-electron chi connectivity index (χ2n) is 7.08. The van der Waals surface area contributed by atoms with Crippen molar-refractivity contribution in [2.24, 2.45) is 5.10 Å². The number of ether oxygens (including phenoxy) is 3. The van der Waals surface area contributed by atoms with Crippen LogP contribution in [0.3, 0.4) is 0 Å². The molecule has 0 aliphatic heterocycles. The van der Waals surface area contributed by atoms with E-state index < -0.39 is 0 Å². The van der Waals surface area contributed by atoms with Crippen LogP contribution in [0, 0.1) is 0 Å². The lowest BCUT2D eigenvalue weighted by molar-refractivity contribution is -0.123. The predicted octanol–water partition coefficient (Wildman–Crippen LogP) is 4.29. The van der Waals surface area contributed by atoms with Crippen molar-refractivity contribution in [2.45, 2.75) is 26.2 Å². The van der Waals surface area contributed by atoms with Crippen molar-refractivity contribution in [3.8, 4) is 17.2 Å². The van der Waals surface area contributed by atoms with Crippen LogP contribution < -0.4 is 19.6 Å². The highest BCUT2D eigenvalue weighted by molar-refractivity contribution is 9.10. The highest BCUT2D eigenvalue weighted by Gasteiger charge is 2.20. The molecule has 0 radical (unpaired) electrons. The molecule has 0 bridgehead atoms. The summed E-state index contributed by atoms with van der Waals surface area (Å²) >= 11 is 3.47. The number of nitrogens with one attached hydrogen (secondary N) is 1. The Kier molecular flexibility index (Phi) is 7.45. The van der Waals surface area contributed by atoms with Crippen LogP contribution in [0.2, 0.25) is 0 Å². The summed E-state index contributed by atoms with van der Waals surface area (Å²) in [5, 5.41) is 3.97. The van der Waals surface area contributed by atoms with Crippen LogP contribution in [-0.4, -0.2) is 32.9 Å². The quantitative estimate of drug-likeness (QED) is 0.506. The molecule has 2 rings (SSSR count). The fourth-order valence-corrected chi connectivity index (χ4v) is 2.85. The molecule has 0 aromatic heterocycles. The Balaban J connectivity index is 1.98. The molecule has 0 aliphatic carbocycles. The molecule has 2 aromatic rings. The fraction of sp³-hybridized carbons (Fsp3) is 0.333. The van der Waals surface area contributed by atoms with E-state index in [0.717, 1.165) is 10.0 Å². The second-order valence-corrected chi connectivity index (χ2v) is 8.00. The van der Waals surface area contributed by atoms with Gasteiger partial charge >= 0.3 is 0 Å². The van der Waals surface area contributed by atoms with Crippen LogP contribution in [-0.2, 0) is 10.2 Å². The van der Waals surface area contributed by atoms with E-state index in [1.54, 1.807) is 32.4 Å². The van der Waals surface area contributed by atoms with E-state index in [1.165, 1.54) is 6.21 Å². The molecule has 0 heterocycles. The first-order valence-electron chi connectivity index (χ1n) is 8.71. The van der Waals surface area contributed by atoms with Crippen molar-refractivity contribution in [2.75, 3.05) is 20.8 Å². The maximum absolute atomic E-state index is 12.1. The van der Waals surface area contributed by atoms with Gasteiger partial charge in [0.05, 0.1) is 20.4 Å². The Labute approximate surface area is 174 Å². The van der Waals surface area contributed by atoms with Gasteiger partial charge < -0.3 is 14.2 Å². The Morgan fingerprint density at radius 3 is 2.50 bits per heavy atom. The minimum Gasteiger partial charge on any atom is -0.497 e. The zero-order chi connectivity index (χ0) is 20.7. The number of carbonyl (C=O) groups is 1. The third-order valence-corrected chi connectivity index (χ3v) is 4.44. The first-order valence-corrected chi connectivity index (χ1v) is 9.50. The molecule has 2 aromatic carbocycles. The van der Waals surface area contributed by atoms with Crippen molar-refractivity contribution < 1.29 is 19.0 Å². The maximum Gasteiger partial charge on any atom is 0.277 e. The molecule has 0 aliphatic rings. The zero-order valence-electron chi connectivity index (χ0n) is 16.7. The van der Waals surface area contributed by atoms with E-state index in [2.05, 4.69) is 47.2 Å². The summed E-state index contributed by atoms with van der Waals surface area (Å²) in [5.41, 5.74) is 4.08. The molecule has 0 saturated carbocycles. The third-order valence-electron chi connectivity index (χ3n) is 3.94. The number of benzene rings is 2. The second kappa shape index (κ2) is 9.59. The van der Waals surface area contributed by atoms with Gasteiger partial charge in [-0.05, 0) is 35.7 Å². The van der Waals surface area contributed by atoms with E-state index in [-0.39, 0.29) is 17.9 Å². The van der Waals surface area contributed by atoms with E-state index in [1.807, 2.05) is 18.2 Å². The molecule has 0 unspecified atom stereocenters. The van der Waals surface area contributed by atoms with E-state index >= 15 is 0 Å². The summed E-state index contributed by atoms with van der Waals surface area (Å²) < 4.78 is 17.1. The van der Waals surface area contributed by atoms with E-state index in [0.29, 0.717) is 22.8 Å². The molecule has 28 heavy (non-hydrogen) atoms. The number of amides is 1. The minimum absolute atomic E-state index is 0.112. The van der Waals surface area contributed by atoms with Gasteiger partial charge in [-0.3, -0.25) is 4.79 Å². The van der Waals surface area contributed by atoms with Crippen LogP contribution in [0.1, 0.15) is 31.9 Å². The van der Waals surface area contributed by atoms with E-state index in [4.69, 9.17) is 14.2 Å². The normalized spacial score (nSPS) is 11.4. The standard InChI is InChI=1S/C21H25BrN2O4/c1-21(2,3)17-10-15(22)7-9-18(17)28-13-20(25)24-23-12-14-6-8-16(26-4)11-19(14)27-5/h6-12H,13H2,1-5H3,(H,24,25)/b23-12+. The highest BCUT2D eigenvalue weighted by Crippen LogP contribution is 2.33. The van der Waals surface area contributed by atoms with Crippen molar-refractivity contribution >= 4 is 28.1 Å². The molecular weight excluding hydrogens is 424 g/mol. The number of hydrogen-bond donors (Lipinski definition) is 1. The molecule has 1 N–H and O–H groups in total.